The minimum absolute atomic E-state index is 0.0363. The molecular formula is C8H8ClN5O2S. The van der Waals surface area contributed by atoms with E-state index in [1.807, 2.05) is 0 Å². The fourth-order valence-electron chi connectivity index (χ4n) is 1.18. The molecule has 9 heteroatoms. The Labute approximate surface area is 103 Å². The zero-order valence-corrected chi connectivity index (χ0v) is 10.3. The minimum Gasteiger partial charge on any atom is -0.261 e. The smallest absolute Gasteiger partial charge is 0.261 e. The molecule has 2 aromatic heterocycles. The van der Waals surface area contributed by atoms with E-state index in [9.17, 15) is 8.42 Å². The predicted octanol–water partition coefficient (Wildman–Crippen LogP) is 0.664. The quantitative estimate of drug-likeness (QED) is 0.887. The zero-order chi connectivity index (χ0) is 12.5. The molecule has 0 radical (unpaired) electrons. The summed E-state index contributed by atoms with van der Waals surface area (Å²) in [5.41, 5.74) is 0. The molecule has 0 atom stereocenters. The number of hydrogen-bond acceptors (Lipinski definition) is 5. The van der Waals surface area contributed by atoms with Crippen molar-refractivity contribution in [2.24, 2.45) is 7.05 Å². The van der Waals surface area contributed by atoms with Gasteiger partial charge in [0.05, 0.1) is 18.6 Å². The van der Waals surface area contributed by atoms with Crippen LogP contribution in [0.5, 0.6) is 0 Å². The number of aryl methyl sites for hydroxylation is 1. The van der Waals surface area contributed by atoms with Crippen molar-refractivity contribution in [3.8, 4) is 0 Å². The lowest BCUT2D eigenvalue weighted by Gasteiger charge is -2.06. The molecule has 0 aliphatic rings. The summed E-state index contributed by atoms with van der Waals surface area (Å²) >= 11 is 5.54. The van der Waals surface area contributed by atoms with Gasteiger partial charge in [0.2, 0.25) is 0 Å². The van der Waals surface area contributed by atoms with Gasteiger partial charge in [0.1, 0.15) is 5.15 Å². The largest absolute Gasteiger partial charge is 0.280 e. The highest BCUT2D eigenvalue weighted by Gasteiger charge is 2.18. The molecule has 0 aromatic carbocycles. The normalized spacial score (nSPS) is 11.4. The topological polar surface area (TPSA) is 89.8 Å². The molecular weight excluding hydrogens is 266 g/mol. The molecule has 0 aliphatic heterocycles. The molecule has 2 rings (SSSR count). The monoisotopic (exact) mass is 273 g/mol. The van der Waals surface area contributed by atoms with Gasteiger partial charge < -0.3 is 0 Å². The van der Waals surface area contributed by atoms with Crippen LogP contribution in [-0.4, -0.2) is 28.2 Å². The highest BCUT2D eigenvalue weighted by Crippen LogP contribution is 2.13. The fraction of sp³-hybridized carbons (Fsp3) is 0.125. The van der Waals surface area contributed by atoms with E-state index in [0.29, 0.717) is 0 Å². The van der Waals surface area contributed by atoms with Gasteiger partial charge >= 0.3 is 0 Å². The summed E-state index contributed by atoms with van der Waals surface area (Å²) in [5.74, 6) is 0.0931. The predicted molar refractivity (Wildman–Crippen MR) is 61.1 cm³/mol. The number of anilines is 1. The van der Waals surface area contributed by atoms with Crippen LogP contribution < -0.4 is 4.72 Å². The maximum atomic E-state index is 11.9. The van der Waals surface area contributed by atoms with E-state index >= 15 is 0 Å². The summed E-state index contributed by atoms with van der Waals surface area (Å²) in [6.45, 7) is 0. The Morgan fingerprint density at radius 3 is 2.65 bits per heavy atom. The Kier molecular flexibility index (Phi) is 2.99. The van der Waals surface area contributed by atoms with Crippen LogP contribution in [-0.2, 0) is 17.1 Å². The molecule has 0 bridgehead atoms. The first-order chi connectivity index (χ1) is 7.99. The average Bonchev–Trinajstić information content (AvgIpc) is 2.68. The Morgan fingerprint density at radius 2 is 2.12 bits per heavy atom. The van der Waals surface area contributed by atoms with Crippen molar-refractivity contribution in [3.05, 3.63) is 29.8 Å². The lowest BCUT2D eigenvalue weighted by atomic mass is 10.7. The van der Waals surface area contributed by atoms with E-state index in [1.54, 1.807) is 0 Å². The SMILES string of the molecule is Cn1nccc1S(=O)(=O)Nc1cnc(Cl)cn1. The van der Waals surface area contributed by atoms with Crippen LogP contribution in [0, 0.1) is 0 Å². The van der Waals surface area contributed by atoms with Crippen LogP contribution in [0.2, 0.25) is 5.15 Å². The van der Waals surface area contributed by atoms with Crippen molar-refractivity contribution in [1.29, 1.82) is 0 Å². The second-order valence-corrected chi connectivity index (χ2v) is 5.14. The maximum Gasteiger partial charge on any atom is 0.280 e. The van der Waals surface area contributed by atoms with Crippen LogP contribution in [0.25, 0.3) is 0 Å². The summed E-state index contributed by atoms with van der Waals surface area (Å²) in [4.78, 5) is 7.51. The van der Waals surface area contributed by atoms with Gasteiger partial charge in [-0.15, -0.1) is 0 Å². The third-order valence-electron chi connectivity index (χ3n) is 1.91. The lowest BCUT2D eigenvalue weighted by Crippen LogP contribution is -2.17. The molecule has 0 saturated carbocycles. The minimum atomic E-state index is -3.71. The van der Waals surface area contributed by atoms with E-state index in [0.717, 1.165) is 0 Å². The van der Waals surface area contributed by atoms with Gasteiger partial charge in [0.15, 0.2) is 10.8 Å². The van der Waals surface area contributed by atoms with Gasteiger partial charge in [-0.3, -0.25) is 9.40 Å². The standard InChI is InChI=1S/C8H8ClN5O2S/c1-14-8(2-3-12-14)17(15,16)13-7-5-10-6(9)4-11-7/h2-5H,1H3,(H,11,13). The third-order valence-corrected chi connectivity index (χ3v) is 3.53. The first kappa shape index (κ1) is 11.8. The molecule has 2 heterocycles. The molecule has 1 N–H and O–H groups in total. The van der Waals surface area contributed by atoms with Crippen molar-refractivity contribution < 1.29 is 8.42 Å². The van der Waals surface area contributed by atoms with E-state index in [2.05, 4.69) is 19.8 Å². The van der Waals surface area contributed by atoms with Gasteiger partial charge in [-0.2, -0.15) is 13.5 Å². The highest BCUT2D eigenvalue weighted by molar-refractivity contribution is 7.92. The number of rotatable bonds is 3. The highest BCUT2D eigenvalue weighted by atomic mass is 35.5. The number of aromatic nitrogens is 4. The second-order valence-electron chi connectivity index (χ2n) is 3.12. The molecule has 0 amide bonds. The van der Waals surface area contributed by atoms with Gasteiger partial charge in [0, 0.05) is 7.05 Å². The Bertz CT molecular complexity index is 622. The van der Waals surface area contributed by atoms with Crippen LogP contribution in [0.1, 0.15) is 0 Å². The number of halogens is 1. The third kappa shape index (κ3) is 2.53. The van der Waals surface area contributed by atoms with E-state index < -0.39 is 10.0 Å². The van der Waals surface area contributed by atoms with Gasteiger partial charge in [-0.05, 0) is 6.07 Å². The van der Waals surface area contributed by atoms with Crippen LogP contribution >= 0.6 is 11.6 Å². The summed E-state index contributed by atoms with van der Waals surface area (Å²) in [6.07, 6.45) is 3.88. The fourth-order valence-corrected chi connectivity index (χ4v) is 2.40. The Morgan fingerprint density at radius 1 is 1.35 bits per heavy atom. The van der Waals surface area contributed by atoms with Crippen LogP contribution in [0.3, 0.4) is 0 Å². The van der Waals surface area contributed by atoms with Gasteiger partial charge in [-0.25, -0.2) is 9.97 Å². The summed E-state index contributed by atoms with van der Waals surface area (Å²) in [6, 6.07) is 1.38. The molecule has 2 aromatic rings. The number of hydrogen-bond donors (Lipinski definition) is 1. The molecule has 90 valence electrons. The van der Waals surface area contributed by atoms with E-state index in [4.69, 9.17) is 11.6 Å². The van der Waals surface area contributed by atoms with E-state index in [-0.39, 0.29) is 16.0 Å². The Hall–Kier alpha value is -1.67. The first-order valence-electron chi connectivity index (χ1n) is 4.47. The van der Waals surface area contributed by atoms with Crippen molar-refractivity contribution in [2.75, 3.05) is 4.72 Å². The summed E-state index contributed by atoms with van der Waals surface area (Å²) < 4.78 is 27.3. The molecule has 0 saturated heterocycles. The van der Waals surface area contributed by atoms with Crippen molar-refractivity contribution in [1.82, 2.24) is 19.7 Å². The molecule has 7 nitrogen and oxygen atoms in total. The molecule has 0 aliphatic carbocycles. The molecule has 17 heavy (non-hydrogen) atoms. The number of sulfonamides is 1. The van der Waals surface area contributed by atoms with Gasteiger partial charge in [-0.1, -0.05) is 11.6 Å². The molecule has 0 spiro atoms. The second kappa shape index (κ2) is 4.30. The first-order valence-corrected chi connectivity index (χ1v) is 6.33. The summed E-state index contributed by atoms with van der Waals surface area (Å²) in [7, 11) is -2.18. The van der Waals surface area contributed by atoms with E-state index in [1.165, 1.54) is 36.4 Å². The molecule has 0 unspecified atom stereocenters. The molecule has 0 fully saturated rings. The van der Waals surface area contributed by atoms with Crippen LogP contribution in [0.15, 0.2) is 29.7 Å². The zero-order valence-electron chi connectivity index (χ0n) is 8.70. The van der Waals surface area contributed by atoms with Crippen molar-refractivity contribution in [2.45, 2.75) is 5.03 Å². The lowest BCUT2D eigenvalue weighted by molar-refractivity contribution is 0.582. The number of nitrogens with zero attached hydrogens (tertiary/aromatic N) is 4. The van der Waals surface area contributed by atoms with Crippen molar-refractivity contribution in [3.63, 3.8) is 0 Å². The van der Waals surface area contributed by atoms with Crippen molar-refractivity contribution >= 4 is 27.4 Å². The average molecular weight is 274 g/mol. The maximum absolute atomic E-state index is 11.9. The van der Waals surface area contributed by atoms with Gasteiger partial charge in [0.25, 0.3) is 10.0 Å². The van der Waals surface area contributed by atoms with Crippen LogP contribution in [0.4, 0.5) is 5.82 Å². The number of nitrogens with one attached hydrogen (secondary N) is 1. The summed E-state index contributed by atoms with van der Waals surface area (Å²) in [5, 5.41) is 4.00. The Balaban J connectivity index is 2.30.